The van der Waals surface area contributed by atoms with Crippen LogP contribution in [0.25, 0.3) is 0 Å². The van der Waals surface area contributed by atoms with Crippen LogP contribution in [0.3, 0.4) is 0 Å². The van der Waals surface area contributed by atoms with Crippen LogP contribution >= 0.6 is 0 Å². The highest BCUT2D eigenvalue weighted by Crippen LogP contribution is 1.96. The molecule has 0 saturated heterocycles. The fraction of sp³-hybridized carbons (Fsp3) is 0.867. The minimum absolute atomic E-state index is 0.270. The average molecular weight is 289 g/mol. The molecule has 0 aromatic carbocycles. The van der Waals surface area contributed by atoms with Gasteiger partial charge in [0.25, 0.3) is 0 Å². The maximum Gasteiger partial charge on any atom is 0.317 e. The number of esters is 2. The molecule has 0 aliphatic rings. The van der Waals surface area contributed by atoms with E-state index < -0.39 is 11.9 Å². The lowest BCUT2D eigenvalue weighted by atomic mass is 10.3. The van der Waals surface area contributed by atoms with E-state index in [-0.39, 0.29) is 6.42 Å². The van der Waals surface area contributed by atoms with Crippen molar-refractivity contribution in [2.45, 2.75) is 59.8 Å². The molecule has 0 bridgehead atoms. The smallest absolute Gasteiger partial charge is 0.317 e. The summed E-state index contributed by atoms with van der Waals surface area (Å²) in [5.74, 6) is -0.991. The Hall–Kier alpha value is -1.10. The van der Waals surface area contributed by atoms with E-state index in [0.29, 0.717) is 13.2 Å². The summed E-state index contributed by atoms with van der Waals surface area (Å²) >= 11 is 0. The van der Waals surface area contributed by atoms with Gasteiger partial charge in [-0.15, -0.1) is 0 Å². The summed E-state index contributed by atoms with van der Waals surface area (Å²) in [7, 11) is 0. The summed E-state index contributed by atoms with van der Waals surface area (Å²) in [5.41, 5.74) is 0. The number of rotatable bonds is 10. The first kappa shape index (κ1) is 21.2. The van der Waals surface area contributed by atoms with Gasteiger partial charge in [0.2, 0.25) is 0 Å². The van der Waals surface area contributed by atoms with Crippen LogP contribution in [-0.2, 0) is 19.1 Å². The molecule has 0 fully saturated rings. The van der Waals surface area contributed by atoms with Crippen molar-refractivity contribution in [2.24, 2.45) is 0 Å². The van der Waals surface area contributed by atoms with Gasteiger partial charge in [0.15, 0.2) is 0 Å². The number of hydrogen-bond donors (Lipinski definition) is 1. The molecule has 0 spiro atoms. The van der Waals surface area contributed by atoms with Crippen LogP contribution in [0.4, 0.5) is 0 Å². The Kier molecular flexibility index (Phi) is 19.0. The lowest BCUT2D eigenvalue weighted by molar-refractivity contribution is -0.154. The first-order valence-electron chi connectivity index (χ1n) is 7.64. The zero-order valence-electron chi connectivity index (χ0n) is 13.5. The predicted molar refractivity (Wildman–Crippen MR) is 80.6 cm³/mol. The number of nitrogens with one attached hydrogen (secondary N) is 1. The fourth-order valence-corrected chi connectivity index (χ4v) is 1.13. The van der Waals surface area contributed by atoms with Gasteiger partial charge in [-0.05, 0) is 25.9 Å². The summed E-state index contributed by atoms with van der Waals surface area (Å²) in [5, 5.41) is 3.11. The number of carbonyl (C=O) groups is 2. The highest BCUT2D eigenvalue weighted by molar-refractivity contribution is 5.91. The average Bonchev–Trinajstić information content (AvgIpc) is 2.41. The third-order valence-corrected chi connectivity index (χ3v) is 2.31. The molecule has 1 N–H and O–H groups in total. The lowest BCUT2D eigenvalue weighted by Gasteiger charge is -2.04. The first-order chi connectivity index (χ1) is 9.62. The standard InChI is InChI=1S/C11H20O4.C4H11N/c1-3-5-7-14-10(12)9-11(13)15-8-6-4-2;1-3-5-4-2/h3-9H2,1-2H3;5H,3-4H2,1-2H3. The molecule has 0 aliphatic carbocycles. The minimum atomic E-state index is -0.495. The molecular weight excluding hydrogens is 258 g/mol. The molecule has 0 amide bonds. The topological polar surface area (TPSA) is 64.6 Å². The Bertz CT molecular complexity index is 210. The SMILES string of the molecule is CCCCOC(=O)CC(=O)OCCCC.CCNCC. The predicted octanol–water partition coefficient (Wildman–Crippen LogP) is 2.68. The van der Waals surface area contributed by atoms with E-state index in [4.69, 9.17) is 9.47 Å². The molecule has 0 rings (SSSR count). The molecule has 0 aliphatic heterocycles. The van der Waals surface area contributed by atoms with Crippen LogP contribution < -0.4 is 5.32 Å². The maximum atomic E-state index is 11.0. The van der Waals surface area contributed by atoms with Crippen molar-refractivity contribution in [3.05, 3.63) is 0 Å². The summed E-state index contributed by atoms with van der Waals surface area (Å²) in [4.78, 5) is 22.1. The third kappa shape index (κ3) is 19.2. The van der Waals surface area contributed by atoms with Crippen LogP contribution in [0, 0.1) is 0 Å². The van der Waals surface area contributed by atoms with Crippen LogP contribution in [0.2, 0.25) is 0 Å². The quantitative estimate of drug-likeness (QED) is 0.380. The molecule has 0 heterocycles. The maximum absolute atomic E-state index is 11.0. The van der Waals surface area contributed by atoms with Gasteiger partial charge < -0.3 is 14.8 Å². The Morgan fingerprint density at radius 3 is 1.45 bits per heavy atom. The van der Waals surface area contributed by atoms with Crippen molar-refractivity contribution >= 4 is 11.9 Å². The van der Waals surface area contributed by atoms with E-state index >= 15 is 0 Å². The molecule has 20 heavy (non-hydrogen) atoms. The Morgan fingerprint density at radius 1 is 0.800 bits per heavy atom. The van der Waals surface area contributed by atoms with Crippen LogP contribution in [0.15, 0.2) is 0 Å². The molecule has 0 atom stereocenters. The molecule has 0 aromatic heterocycles. The largest absolute Gasteiger partial charge is 0.465 e. The Labute approximate surface area is 123 Å². The number of unbranched alkanes of at least 4 members (excludes halogenated alkanes) is 2. The van der Waals surface area contributed by atoms with E-state index in [0.717, 1.165) is 38.8 Å². The molecule has 0 radical (unpaired) electrons. The summed E-state index contributed by atoms with van der Waals surface area (Å²) in [6, 6.07) is 0. The molecule has 5 heteroatoms. The lowest BCUT2D eigenvalue weighted by Crippen LogP contribution is -2.14. The van der Waals surface area contributed by atoms with Crippen LogP contribution in [0.1, 0.15) is 59.8 Å². The minimum Gasteiger partial charge on any atom is -0.465 e. The summed E-state index contributed by atoms with van der Waals surface area (Å²) < 4.78 is 9.64. The molecule has 0 unspecified atom stereocenters. The fourth-order valence-electron chi connectivity index (χ4n) is 1.13. The van der Waals surface area contributed by atoms with Gasteiger partial charge in [-0.2, -0.15) is 0 Å². The summed E-state index contributed by atoms with van der Waals surface area (Å²) in [6.07, 6.45) is 3.32. The second-order valence-electron chi connectivity index (χ2n) is 4.28. The second kappa shape index (κ2) is 17.9. The summed E-state index contributed by atoms with van der Waals surface area (Å²) in [6.45, 7) is 11.2. The zero-order valence-corrected chi connectivity index (χ0v) is 13.5. The zero-order chi connectivity index (χ0) is 15.6. The molecule has 5 nitrogen and oxygen atoms in total. The molecule has 0 aromatic rings. The van der Waals surface area contributed by atoms with Crippen molar-refractivity contribution in [1.29, 1.82) is 0 Å². The van der Waals surface area contributed by atoms with Crippen LogP contribution in [-0.4, -0.2) is 38.2 Å². The Balaban J connectivity index is 0. The van der Waals surface area contributed by atoms with Crippen LogP contribution in [0.5, 0.6) is 0 Å². The van der Waals surface area contributed by atoms with E-state index in [1.165, 1.54) is 0 Å². The van der Waals surface area contributed by atoms with Crippen molar-refractivity contribution in [1.82, 2.24) is 5.32 Å². The van der Waals surface area contributed by atoms with Gasteiger partial charge in [-0.25, -0.2) is 0 Å². The van der Waals surface area contributed by atoms with E-state index in [1.54, 1.807) is 0 Å². The van der Waals surface area contributed by atoms with Gasteiger partial charge in [0.05, 0.1) is 13.2 Å². The normalized spacial score (nSPS) is 9.40. The number of ether oxygens (including phenoxy) is 2. The van der Waals surface area contributed by atoms with Crippen molar-refractivity contribution < 1.29 is 19.1 Å². The van der Waals surface area contributed by atoms with Gasteiger partial charge in [0.1, 0.15) is 6.42 Å². The molecule has 120 valence electrons. The first-order valence-corrected chi connectivity index (χ1v) is 7.64. The highest BCUT2D eigenvalue weighted by atomic mass is 16.6. The molecular formula is C15H31NO4. The van der Waals surface area contributed by atoms with Crippen molar-refractivity contribution in [2.75, 3.05) is 26.3 Å². The number of carbonyl (C=O) groups excluding carboxylic acids is 2. The Morgan fingerprint density at radius 2 is 1.20 bits per heavy atom. The van der Waals surface area contributed by atoms with Gasteiger partial charge in [-0.3, -0.25) is 9.59 Å². The monoisotopic (exact) mass is 289 g/mol. The molecule has 0 saturated carbocycles. The highest BCUT2D eigenvalue weighted by Gasteiger charge is 2.11. The number of hydrogen-bond acceptors (Lipinski definition) is 5. The van der Waals surface area contributed by atoms with E-state index in [9.17, 15) is 9.59 Å². The van der Waals surface area contributed by atoms with Gasteiger partial charge >= 0.3 is 11.9 Å². The van der Waals surface area contributed by atoms with Crippen molar-refractivity contribution in [3.63, 3.8) is 0 Å². The second-order valence-corrected chi connectivity index (χ2v) is 4.28. The third-order valence-electron chi connectivity index (χ3n) is 2.31. The van der Waals surface area contributed by atoms with Gasteiger partial charge in [-0.1, -0.05) is 40.5 Å². The van der Waals surface area contributed by atoms with Gasteiger partial charge in [0, 0.05) is 0 Å². The van der Waals surface area contributed by atoms with Crippen molar-refractivity contribution in [3.8, 4) is 0 Å². The van der Waals surface area contributed by atoms with E-state index in [2.05, 4.69) is 19.2 Å². The van der Waals surface area contributed by atoms with E-state index in [1.807, 2.05) is 13.8 Å².